The number of esters is 1. The number of fused-ring (bicyclic) bond motifs is 1. The fourth-order valence-corrected chi connectivity index (χ4v) is 2.35. The molecule has 1 fully saturated rings. The lowest BCUT2D eigenvalue weighted by Crippen LogP contribution is -2.31. The number of ether oxygens (including phenoxy) is 1. The summed E-state index contributed by atoms with van der Waals surface area (Å²) in [7, 11) is 0. The van der Waals surface area contributed by atoms with Crippen molar-refractivity contribution in [2.24, 2.45) is 5.41 Å². The minimum absolute atomic E-state index is 0.0127. The van der Waals surface area contributed by atoms with Gasteiger partial charge in [0, 0.05) is 0 Å². The predicted molar refractivity (Wildman–Crippen MR) is 57.9 cm³/mol. The van der Waals surface area contributed by atoms with Gasteiger partial charge in [-0.3, -0.25) is 0 Å². The van der Waals surface area contributed by atoms with Crippen molar-refractivity contribution in [1.29, 1.82) is 0 Å². The minimum atomic E-state index is -0.567. The van der Waals surface area contributed by atoms with Crippen LogP contribution in [0.15, 0.2) is 11.5 Å². The third kappa shape index (κ3) is 1.52. The third-order valence-corrected chi connectivity index (χ3v) is 3.37. The second-order valence-electron chi connectivity index (χ2n) is 4.46. The molecule has 2 aliphatic rings. The Bertz CT molecular complexity index is 380. The molecule has 0 saturated heterocycles. The third-order valence-electron chi connectivity index (χ3n) is 3.37. The SMILES string of the molecule is CCOC(=O)C1=C(O)C2(C)CCCCC2=[O+]1. The van der Waals surface area contributed by atoms with Crippen molar-refractivity contribution in [2.45, 2.75) is 39.5 Å². The predicted octanol–water partition coefficient (Wildman–Crippen LogP) is 2.02. The number of aliphatic hydroxyl groups excluding tert-OH is 1. The maximum atomic E-state index is 11.6. The average molecular weight is 225 g/mol. The van der Waals surface area contributed by atoms with Crippen LogP contribution in [0.4, 0.5) is 0 Å². The molecular weight excluding hydrogens is 208 g/mol. The van der Waals surface area contributed by atoms with E-state index in [0.717, 1.165) is 31.5 Å². The number of allylic oxidation sites excluding steroid dienone is 1. The maximum Gasteiger partial charge on any atom is 0.474 e. The molecule has 16 heavy (non-hydrogen) atoms. The van der Waals surface area contributed by atoms with Crippen molar-refractivity contribution in [2.75, 3.05) is 6.61 Å². The number of ketones is 1. The summed E-state index contributed by atoms with van der Waals surface area (Å²) >= 11 is 0. The summed E-state index contributed by atoms with van der Waals surface area (Å²) in [6.07, 6.45) is 3.73. The summed E-state index contributed by atoms with van der Waals surface area (Å²) in [5.41, 5.74) is -0.472. The Morgan fingerprint density at radius 2 is 2.31 bits per heavy atom. The Kier molecular flexibility index (Phi) is 2.74. The van der Waals surface area contributed by atoms with Crippen LogP contribution in [0.5, 0.6) is 0 Å². The van der Waals surface area contributed by atoms with Gasteiger partial charge < -0.3 is 9.84 Å². The molecule has 1 heterocycles. The van der Waals surface area contributed by atoms with Gasteiger partial charge in [-0.1, -0.05) is 6.42 Å². The highest BCUT2D eigenvalue weighted by atomic mass is 16.6. The largest absolute Gasteiger partial charge is 0.503 e. The van der Waals surface area contributed by atoms with Crippen LogP contribution >= 0.6 is 0 Å². The second kappa shape index (κ2) is 3.92. The van der Waals surface area contributed by atoms with Gasteiger partial charge >= 0.3 is 17.5 Å². The number of rotatable bonds is 2. The van der Waals surface area contributed by atoms with E-state index in [2.05, 4.69) is 0 Å². The van der Waals surface area contributed by atoms with Gasteiger partial charge in [0.2, 0.25) is 5.76 Å². The van der Waals surface area contributed by atoms with Gasteiger partial charge in [-0.25, -0.2) is 9.22 Å². The molecule has 1 saturated carbocycles. The van der Waals surface area contributed by atoms with E-state index in [1.165, 1.54) is 0 Å². The quantitative estimate of drug-likeness (QED) is 0.577. The van der Waals surface area contributed by atoms with E-state index in [1.54, 1.807) is 6.92 Å². The first-order valence-electron chi connectivity index (χ1n) is 5.74. The van der Waals surface area contributed by atoms with Crippen molar-refractivity contribution in [1.82, 2.24) is 0 Å². The Morgan fingerprint density at radius 1 is 1.56 bits per heavy atom. The van der Waals surface area contributed by atoms with Gasteiger partial charge in [0.25, 0.3) is 0 Å². The van der Waals surface area contributed by atoms with Crippen molar-refractivity contribution in [3.05, 3.63) is 11.5 Å². The number of aliphatic hydroxyl groups is 1. The number of carbonyl (C=O) groups is 1. The summed E-state index contributed by atoms with van der Waals surface area (Å²) in [4.78, 5) is 11.6. The fourth-order valence-electron chi connectivity index (χ4n) is 2.35. The van der Waals surface area contributed by atoms with Gasteiger partial charge in [0.05, 0.1) is 13.0 Å². The molecule has 1 unspecified atom stereocenters. The molecule has 4 heteroatoms. The van der Waals surface area contributed by atoms with Gasteiger partial charge in [-0.2, -0.15) is 0 Å². The van der Waals surface area contributed by atoms with Crippen LogP contribution in [0.1, 0.15) is 39.5 Å². The van der Waals surface area contributed by atoms with Gasteiger partial charge in [-0.15, -0.1) is 0 Å². The van der Waals surface area contributed by atoms with Gasteiger partial charge in [-0.05, 0) is 26.7 Å². The summed E-state index contributed by atoms with van der Waals surface area (Å²) in [6, 6.07) is 0. The van der Waals surface area contributed by atoms with Gasteiger partial charge in [0.1, 0.15) is 5.41 Å². The first kappa shape index (κ1) is 11.2. The van der Waals surface area contributed by atoms with Gasteiger partial charge in [0.15, 0.2) is 0 Å². The summed E-state index contributed by atoms with van der Waals surface area (Å²) < 4.78 is 10.3. The number of hydrogen-bond donors (Lipinski definition) is 1. The highest BCUT2D eigenvalue weighted by molar-refractivity contribution is 5.96. The van der Waals surface area contributed by atoms with E-state index >= 15 is 0 Å². The molecule has 0 radical (unpaired) electrons. The summed E-state index contributed by atoms with van der Waals surface area (Å²) in [6.45, 7) is 3.93. The van der Waals surface area contributed by atoms with Crippen molar-refractivity contribution < 1.29 is 19.1 Å². The molecule has 1 atom stereocenters. The van der Waals surface area contributed by atoms with Crippen LogP contribution in [0.25, 0.3) is 0 Å². The van der Waals surface area contributed by atoms with E-state index in [0.29, 0.717) is 0 Å². The molecule has 4 nitrogen and oxygen atoms in total. The van der Waals surface area contributed by atoms with E-state index < -0.39 is 11.4 Å². The molecule has 0 spiro atoms. The highest BCUT2D eigenvalue weighted by Crippen LogP contribution is 2.43. The maximum absolute atomic E-state index is 11.6. The van der Waals surface area contributed by atoms with Crippen LogP contribution in [-0.2, 0) is 14.0 Å². The van der Waals surface area contributed by atoms with Crippen LogP contribution < -0.4 is 0 Å². The first-order chi connectivity index (χ1) is 7.59. The standard InChI is InChI=1S/C12H16O4/c1-3-15-11(14)9-10(13)12(2)7-5-4-6-8(12)16-9/h3-7H2,1-2H3/p+1. The van der Waals surface area contributed by atoms with Crippen molar-refractivity contribution >= 4 is 11.8 Å². The zero-order valence-electron chi connectivity index (χ0n) is 9.71. The lowest BCUT2D eigenvalue weighted by Gasteiger charge is -2.22. The molecular formula is C12H17O4+. The zero-order chi connectivity index (χ0) is 11.8. The second-order valence-corrected chi connectivity index (χ2v) is 4.46. The number of hydrogen-bond acceptors (Lipinski definition) is 3. The Labute approximate surface area is 94.6 Å². The topological polar surface area (TPSA) is 57.8 Å². The normalized spacial score (nSPS) is 28.8. The zero-order valence-corrected chi connectivity index (χ0v) is 9.71. The molecule has 1 aliphatic carbocycles. The Morgan fingerprint density at radius 3 is 2.94 bits per heavy atom. The molecule has 2 rings (SSSR count). The van der Waals surface area contributed by atoms with E-state index in [-0.39, 0.29) is 18.1 Å². The van der Waals surface area contributed by atoms with E-state index in [9.17, 15) is 9.90 Å². The molecule has 0 bridgehead atoms. The van der Waals surface area contributed by atoms with Crippen molar-refractivity contribution in [3.8, 4) is 0 Å². The van der Waals surface area contributed by atoms with Crippen LogP contribution in [0, 0.1) is 5.41 Å². The molecule has 1 aliphatic heterocycles. The molecule has 1 N–H and O–H groups in total. The highest BCUT2D eigenvalue weighted by Gasteiger charge is 2.56. The Hall–Kier alpha value is -1.32. The minimum Gasteiger partial charge on any atom is -0.503 e. The Balaban J connectivity index is 2.32. The van der Waals surface area contributed by atoms with E-state index in [1.807, 2.05) is 6.92 Å². The first-order valence-corrected chi connectivity index (χ1v) is 5.74. The average Bonchev–Trinajstić information content (AvgIpc) is 2.53. The lowest BCUT2D eigenvalue weighted by molar-refractivity contribution is -0.395. The lowest BCUT2D eigenvalue weighted by atomic mass is 9.74. The molecule has 0 amide bonds. The molecule has 0 aromatic heterocycles. The molecule has 0 aromatic carbocycles. The monoisotopic (exact) mass is 225 g/mol. The smallest absolute Gasteiger partial charge is 0.474 e. The summed E-state index contributed by atoms with van der Waals surface area (Å²) in [5, 5.41) is 10.1. The number of carbonyl (C=O) groups excluding carboxylic acids is 2. The fraction of sp³-hybridized carbons (Fsp3) is 0.667. The van der Waals surface area contributed by atoms with E-state index in [4.69, 9.17) is 9.16 Å². The molecule has 88 valence electrons. The van der Waals surface area contributed by atoms with Crippen LogP contribution in [0.3, 0.4) is 0 Å². The molecule has 0 aromatic rings. The van der Waals surface area contributed by atoms with Crippen molar-refractivity contribution in [3.63, 3.8) is 0 Å². The van der Waals surface area contributed by atoms with Crippen LogP contribution in [0.2, 0.25) is 0 Å². The summed E-state index contributed by atoms with van der Waals surface area (Å²) in [5.74, 6) is 0.268. The van der Waals surface area contributed by atoms with Crippen LogP contribution in [-0.4, -0.2) is 23.5 Å².